The number of nitrogens with zero attached hydrogens (tertiary/aromatic N) is 1. The molecule has 23 heavy (non-hydrogen) atoms. The van der Waals surface area contributed by atoms with Crippen molar-refractivity contribution in [2.75, 3.05) is 26.2 Å². The normalized spacial score (nSPS) is 18.2. The first-order valence-corrected chi connectivity index (χ1v) is 8.04. The zero-order valence-electron chi connectivity index (χ0n) is 12.9. The summed E-state index contributed by atoms with van der Waals surface area (Å²) >= 11 is 0. The third kappa shape index (κ3) is 4.03. The molecule has 1 atom stereocenters. The summed E-state index contributed by atoms with van der Waals surface area (Å²) in [6.45, 7) is 3.22. The van der Waals surface area contributed by atoms with Gasteiger partial charge in [0.05, 0.1) is 0 Å². The van der Waals surface area contributed by atoms with Crippen LogP contribution in [0.5, 0.6) is 0 Å². The van der Waals surface area contributed by atoms with Gasteiger partial charge in [-0.15, -0.1) is 0 Å². The highest BCUT2D eigenvalue weighted by Crippen LogP contribution is 2.35. The van der Waals surface area contributed by atoms with Crippen molar-refractivity contribution < 1.29 is 13.2 Å². The Bertz CT molecular complexity index is 643. The number of benzene rings is 2. The number of hydrogen-bond donors (Lipinski definition) is 1. The second-order valence-corrected chi connectivity index (χ2v) is 6.02. The van der Waals surface area contributed by atoms with Crippen LogP contribution in [0.3, 0.4) is 0 Å². The van der Waals surface area contributed by atoms with Crippen LogP contribution in [-0.2, 0) is 0 Å². The van der Waals surface area contributed by atoms with Crippen molar-refractivity contribution in [3.05, 3.63) is 48.0 Å². The molecule has 0 aliphatic carbocycles. The summed E-state index contributed by atoms with van der Waals surface area (Å²) in [6, 6.07) is 13.7. The summed E-state index contributed by atoms with van der Waals surface area (Å²) < 4.78 is 38.3. The standard InChI is InChI=1S/C18H21F3N2/c19-18(20,21)9-8-17(23-12-10-22-11-13-23)16-7-3-5-14-4-1-2-6-15(14)16/h1-7,17,22H,8-13H2/t17-/m1/s1. The molecule has 1 aliphatic rings. The maximum absolute atomic E-state index is 12.8. The maximum atomic E-state index is 12.8. The first-order valence-electron chi connectivity index (χ1n) is 8.04. The monoisotopic (exact) mass is 322 g/mol. The van der Waals surface area contributed by atoms with Gasteiger partial charge in [0.25, 0.3) is 0 Å². The van der Waals surface area contributed by atoms with Gasteiger partial charge in [-0.2, -0.15) is 13.2 Å². The van der Waals surface area contributed by atoms with Crippen molar-refractivity contribution in [2.45, 2.75) is 25.1 Å². The van der Waals surface area contributed by atoms with Gasteiger partial charge >= 0.3 is 6.18 Å². The number of piperazine rings is 1. The Morgan fingerprint density at radius 3 is 2.43 bits per heavy atom. The van der Waals surface area contributed by atoms with Gasteiger partial charge in [0.2, 0.25) is 0 Å². The Balaban J connectivity index is 1.95. The van der Waals surface area contributed by atoms with Crippen LogP contribution in [0.2, 0.25) is 0 Å². The molecule has 2 nitrogen and oxygen atoms in total. The smallest absolute Gasteiger partial charge is 0.314 e. The molecule has 5 heteroatoms. The number of alkyl halides is 3. The highest BCUT2D eigenvalue weighted by molar-refractivity contribution is 5.86. The minimum absolute atomic E-state index is 0.109. The van der Waals surface area contributed by atoms with Gasteiger partial charge in [-0.05, 0) is 22.8 Å². The predicted octanol–water partition coefficient (Wildman–Crippen LogP) is 4.13. The van der Waals surface area contributed by atoms with E-state index in [1.165, 1.54) is 0 Å². The molecule has 1 fully saturated rings. The third-order valence-electron chi connectivity index (χ3n) is 4.48. The molecule has 3 rings (SSSR count). The zero-order valence-corrected chi connectivity index (χ0v) is 12.9. The van der Waals surface area contributed by atoms with E-state index in [1.807, 2.05) is 42.5 Å². The quantitative estimate of drug-likeness (QED) is 0.910. The Morgan fingerprint density at radius 2 is 1.70 bits per heavy atom. The van der Waals surface area contributed by atoms with Crippen LogP contribution in [0, 0.1) is 0 Å². The fourth-order valence-corrected chi connectivity index (χ4v) is 3.37. The predicted molar refractivity (Wildman–Crippen MR) is 86.4 cm³/mol. The SMILES string of the molecule is FC(F)(F)CC[C@H](c1cccc2ccccc12)N1CCNCC1. The van der Waals surface area contributed by atoms with Crippen LogP contribution in [0.15, 0.2) is 42.5 Å². The summed E-state index contributed by atoms with van der Waals surface area (Å²) in [7, 11) is 0. The minimum atomic E-state index is -4.11. The van der Waals surface area contributed by atoms with E-state index in [9.17, 15) is 13.2 Å². The fraction of sp³-hybridized carbons (Fsp3) is 0.444. The molecule has 0 bridgehead atoms. The summed E-state index contributed by atoms with van der Waals surface area (Å²) in [5.41, 5.74) is 1.01. The Hall–Kier alpha value is -1.59. The Labute approximate surface area is 134 Å². The van der Waals surface area contributed by atoms with E-state index >= 15 is 0 Å². The number of hydrogen-bond acceptors (Lipinski definition) is 2. The van der Waals surface area contributed by atoms with E-state index in [1.54, 1.807) is 0 Å². The van der Waals surface area contributed by atoms with Gasteiger partial charge < -0.3 is 5.32 Å². The van der Waals surface area contributed by atoms with Gasteiger partial charge in [-0.1, -0.05) is 42.5 Å². The van der Waals surface area contributed by atoms with Crippen molar-refractivity contribution in [2.24, 2.45) is 0 Å². The van der Waals surface area contributed by atoms with Crippen molar-refractivity contribution in [3.8, 4) is 0 Å². The molecule has 124 valence electrons. The van der Waals surface area contributed by atoms with Crippen molar-refractivity contribution in [1.82, 2.24) is 10.2 Å². The summed E-state index contributed by atoms with van der Waals surface area (Å²) in [4.78, 5) is 2.18. The molecule has 1 saturated heterocycles. The molecular formula is C18H21F3N2. The van der Waals surface area contributed by atoms with Crippen LogP contribution in [0.25, 0.3) is 10.8 Å². The molecular weight excluding hydrogens is 301 g/mol. The summed E-state index contributed by atoms with van der Waals surface area (Å²) in [6.07, 6.45) is -4.75. The van der Waals surface area contributed by atoms with E-state index in [2.05, 4.69) is 10.2 Å². The molecule has 1 heterocycles. The lowest BCUT2D eigenvalue weighted by atomic mass is 9.94. The largest absolute Gasteiger partial charge is 0.389 e. The number of nitrogens with one attached hydrogen (secondary N) is 1. The van der Waals surface area contributed by atoms with E-state index in [4.69, 9.17) is 0 Å². The molecule has 0 radical (unpaired) electrons. The lowest BCUT2D eigenvalue weighted by Gasteiger charge is -2.36. The average Bonchev–Trinajstić information content (AvgIpc) is 2.55. The highest BCUT2D eigenvalue weighted by atomic mass is 19.4. The van der Waals surface area contributed by atoms with Crippen molar-refractivity contribution >= 4 is 10.8 Å². The van der Waals surface area contributed by atoms with Gasteiger partial charge in [-0.3, -0.25) is 4.90 Å². The first kappa shape index (κ1) is 16.3. The highest BCUT2D eigenvalue weighted by Gasteiger charge is 2.31. The third-order valence-corrected chi connectivity index (χ3v) is 4.48. The Morgan fingerprint density at radius 1 is 1.00 bits per heavy atom. The van der Waals surface area contributed by atoms with Crippen LogP contribution in [0.1, 0.15) is 24.4 Å². The number of rotatable bonds is 4. The lowest BCUT2D eigenvalue weighted by Crippen LogP contribution is -2.45. The minimum Gasteiger partial charge on any atom is -0.314 e. The van der Waals surface area contributed by atoms with Crippen LogP contribution < -0.4 is 5.32 Å². The molecule has 0 saturated carbocycles. The van der Waals surface area contributed by atoms with Crippen LogP contribution >= 0.6 is 0 Å². The first-order chi connectivity index (χ1) is 11.0. The molecule has 1 aliphatic heterocycles. The lowest BCUT2D eigenvalue weighted by molar-refractivity contribution is -0.138. The summed E-state index contributed by atoms with van der Waals surface area (Å²) in [5.74, 6) is 0. The van der Waals surface area contributed by atoms with Crippen molar-refractivity contribution in [1.29, 1.82) is 0 Å². The maximum Gasteiger partial charge on any atom is 0.389 e. The summed E-state index contributed by atoms with van der Waals surface area (Å²) in [5, 5.41) is 5.40. The molecule has 1 N–H and O–H groups in total. The van der Waals surface area contributed by atoms with Gasteiger partial charge in [0.15, 0.2) is 0 Å². The average molecular weight is 322 g/mol. The molecule has 0 amide bonds. The van der Waals surface area contributed by atoms with Gasteiger partial charge in [0.1, 0.15) is 0 Å². The van der Waals surface area contributed by atoms with Crippen LogP contribution in [-0.4, -0.2) is 37.3 Å². The molecule has 0 unspecified atom stereocenters. The van der Waals surface area contributed by atoms with E-state index in [0.717, 1.165) is 42.5 Å². The van der Waals surface area contributed by atoms with Gasteiger partial charge in [0, 0.05) is 38.6 Å². The van der Waals surface area contributed by atoms with Crippen molar-refractivity contribution in [3.63, 3.8) is 0 Å². The van der Waals surface area contributed by atoms with Gasteiger partial charge in [-0.25, -0.2) is 0 Å². The number of fused-ring (bicyclic) bond motifs is 1. The zero-order chi connectivity index (χ0) is 16.3. The molecule has 0 spiro atoms. The van der Waals surface area contributed by atoms with E-state index < -0.39 is 12.6 Å². The van der Waals surface area contributed by atoms with Crippen LogP contribution in [0.4, 0.5) is 13.2 Å². The molecule has 2 aromatic carbocycles. The molecule has 0 aromatic heterocycles. The second-order valence-electron chi connectivity index (χ2n) is 6.02. The second kappa shape index (κ2) is 6.89. The molecule has 2 aromatic rings. The number of halogens is 3. The fourth-order valence-electron chi connectivity index (χ4n) is 3.37. The van der Waals surface area contributed by atoms with E-state index in [0.29, 0.717) is 0 Å². The van der Waals surface area contributed by atoms with E-state index in [-0.39, 0.29) is 12.5 Å². The topological polar surface area (TPSA) is 15.3 Å². The Kier molecular flexibility index (Phi) is 4.87.